The number of carbonyl (C=O) groups is 2. The van der Waals surface area contributed by atoms with E-state index in [1.54, 1.807) is 19.9 Å². The Kier molecular flexibility index (Phi) is 4.75. The van der Waals surface area contributed by atoms with E-state index < -0.39 is 18.0 Å². The minimum atomic E-state index is -0.965. The van der Waals surface area contributed by atoms with Crippen LogP contribution in [0.5, 0.6) is 0 Å². The molecule has 0 saturated heterocycles. The number of hydrogen-bond acceptors (Lipinski definition) is 4. The van der Waals surface area contributed by atoms with Gasteiger partial charge in [-0.3, -0.25) is 4.79 Å². The summed E-state index contributed by atoms with van der Waals surface area (Å²) in [7, 11) is 0. The van der Waals surface area contributed by atoms with Gasteiger partial charge in [0.25, 0.3) is 0 Å². The molecule has 0 saturated carbocycles. The molecule has 0 heterocycles. The van der Waals surface area contributed by atoms with Crippen molar-refractivity contribution in [1.29, 1.82) is 5.26 Å². The van der Waals surface area contributed by atoms with Crippen LogP contribution in [0.1, 0.15) is 20.8 Å². The zero-order valence-electron chi connectivity index (χ0n) is 7.98. The molecule has 2 unspecified atom stereocenters. The Bertz CT molecular complexity index is 230. The Morgan fingerprint density at radius 1 is 1.46 bits per heavy atom. The van der Waals surface area contributed by atoms with E-state index in [-0.39, 0.29) is 5.92 Å². The van der Waals surface area contributed by atoms with E-state index in [9.17, 15) is 9.59 Å². The first kappa shape index (κ1) is 11.6. The Morgan fingerprint density at radius 2 is 2.00 bits per heavy atom. The molecule has 0 aromatic rings. The molecule has 2 atom stereocenters. The number of nitriles is 1. The predicted molar refractivity (Wildman–Crippen MR) is 45.6 cm³/mol. The van der Waals surface area contributed by atoms with Gasteiger partial charge in [0, 0.05) is 0 Å². The molecule has 0 radical (unpaired) electrons. The lowest BCUT2D eigenvalue weighted by atomic mass is 10.1. The summed E-state index contributed by atoms with van der Waals surface area (Å²) in [5.41, 5.74) is 0. The average molecular weight is 183 g/mol. The summed E-state index contributed by atoms with van der Waals surface area (Å²) < 4.78 is 4.78. The summed E-state index contributed by atoms with van der Waals surface area (Å²) in [6.07, 6.45) is -0.367. The average Bonchev–Trinajstić information content (AvgIpc) is 2.12. The number of nitrogens with zero attached hydrogens (tertiary/aromatic N) is 1. The second-order valence-corrected chi connectivity index (χ2v) is 3.14. The van der Waals surface area contributed by atoms with E-state index in [4.69, 9.17) is 10.00 Å². The summed E-state index contributed by atoms with van der Waals surface area (Å²) in [5.74, 6) is -1.32. The van der Waals surface area contributed by atoms with Crippen LogP contribution < -0.4 is 0 Å². The van der Waals surface area contributed by atoms with Crippen molar-refractivity contribution in [2.24, 2.45) is 11.8 Å². The molecule has 0 spiro atoms. The third-order valence-corrected chi connectivity index (χ3v) is 1.53. The summed E-state index contributed by atoms with van der Waals surface area (Å²) in [4.78, 5) is 21.4. The third kappa shape index (κ3) is 3.70. The Hall–Kier alpha value is -1.37. The van der Waals surface area contributed by atoms with E-state index in [1.165, 1.54) is 6.92 Å². The first-order chi connectivity index (χ1) is 6.02. The normalized spacial score (nSPS) is 14.4. The fraction of sp³-hybridized carbons (Fsp3) is 0.667. The monoisotopic (exact) mass is 183 g/mol. The molecule has 13 heavy (non-hydrogen) atoms. The standard InChI is InChI=1S/C9H13NO3/c1-6(2)9(12)13-8(4-10)7(3)5-11/h5-8H,1-3H3. The number of rotatable bonds is 4. The van der Waals surface area contributed by atoms with Crippen molar-refractivity contribution in [3.8, 4) is 6.07 Å². The third-order valence-electron chi connectivity index (χ3n) is 1.53. The van der Waals surface area contributed by atoms with Crippen molar-refractivity contribution in [2.75, 3.05) is 0 Å². The van der Waals surface area contributed by atoms with Gasteiger partial charge in [-0.25, -0.2) is 0 Å². The fourth-order valence-electron chi connectivity index (χ4n) is 0.584. The van der Waals surface area contributed by atoms with Gasteiger partial charge in [0.1, 0.15) is 12.4 Å². The number of esters is 1. The van der Waals surface area contributed by atoms with Crippen molar-refractivity contribution in [2.45, 2.75) is 26.9 Å². The highest BCUT2D eigenvalue weighted by Crippen LogP contribution is 2.07. The van der Waals surface area contributed by atoms with Gasteiger partial charge in [-0.1, -0.05) is 20.8 Å². The molecular formula is C9H13NO3. The largest absolute Gasteiger partial charge is 0.446 e. The van der Waals surface area contributed by atoms with Gasteiger partial charge in [-0.05, 0) is 0 Å². The molecular weight excluding hydrogens is 170 g/mol. The Morgan fingerprint density at radius 3 is 2.31 bits per heavy atom. The number of carbonyl (C=O) groups excluding carboxylic acids is 2. The first-order valence-electron chi connectivity index (χ1n) is 4.08. The topological polar surface area (TPSA) is 67.2 Å². The molecule has 0 aliphatic rings. The summed E-state index contributed by atoms with van der Waals surface area (Å²) >= 11 is 0. The molecule has 0 fully saturated rings. The smallest absolute Gasteiger partial charge is 0.309 e. The van der Waals surface area contributed by atoms with E-state index in [0.29, 0.717) is 6.29 Å². The molecule has 0 aromatic carbocycles. The lowest BCUT2D eigenvalue weighted by Gasteiger charge is -2.14. The van der Waals surface area contributed by atoms with Crippen molar-refractivity contribution in [3.63, 3.8) is 0 Å². The molecule has 0 bridgehead atoms. The highest BCUT2D eigenvalue weighted by atomic mass is 16.5. The van der Waals surface area contributed by atoms with Crippen LogP contribution >= 0.6 is 0 Å². The van der Waals surface area contributed by atoms with Gasteiger partial charge in [-0.2, -0.15) is 5.26 Å². The van der Waals surface area contributed by atoms with Crippen LogP contribution in [-0.2, 0) is 14.3 Å². The fourth-order valence-corrected chi connectivity index (χ4v) is 0.584. The molecule has 0 aliphatic heterocycles. The molecule has 0 aliphatic carbocycles. The van der Waals surface area contributed by atoms with Crippen LogP contribution in [0.4, 0.5) is 0 Å². The Labute approximate surface area is 77.5 Å². The summed E-state index contributed by atoms with van der Waals surface area (Å²) in [5, 5.41) is 8.57. The second-order valence-electron chi connectivity index (χ2n) is 3.14. The quantitative estimate of drug-likeness (QED) is 0.480. The van der Waals surface area contributed by atoms with Gasteiger partial charge in [0.05, 0.1) is 11.8 Å². The van der Waals surface area contributed by atoms with E-state index in [2.05, 4.69) is 0 Å². The van der Waals surface area contributed by atoms with Crippen LogP contribution in [0.2, 0.25) is 0 Å². The van der Waals surface area contributed by atoms with Crippen molar-refractivity contribution in [1.82, 2.24) is 0 Å². The second kappa shape index (κ2) is 5.31. The van der Waals surface area contributed by atoms with Crippen LogP contribution in [0.15, 0.2) is 0 Å². The van der Waals surface area contributed by atoms with Gasteiger partial charge in [0.15, 0.2) is 6.10 Å². The van der Waals surface area contributed by atoms with Crippen LogP contribution in [0.3, 0.4) is 0 Å². The lowest BCUT2D eigenvalue weighted by Crippen LogP contribution is -2.26. The first-order valence-corrected chi connectivity index (χ1v) is 4.08. The molecule has 4 heteroatoms. The minimum Gasteiger partial charge on any atom is -0.446 e. The van der Waals surface area contributed by atoms with Crippen molar-refractivity contribution >= 4 is 12.3 Å². The van der Waals surface area contributed by atoms with E-state index in [1.807, 2.05) is 0 Å². The predicted octanol–water partition coefficient (Wildman–Crippen LogP) is 0.913. The summed E-state index contributed by atoms with van der Waals surface area (Å²) in [6, 6.07) is 1.76. The highest BCUT2D eigenvalue weighted by molar-refractivity contribution is 5.72. The number of aldehydes is 1. The zero-order valence-corrected chi connectivity index (χ0v) is 7.98. The molecule has 0 N–H and O–H groups in total. The van der Waals surface area contributed by atoms with Gasteiger partial charge >= 0.3 is 5.97 Å². The van der Waals surface area contributed by atoms with Crippen molar-refractivity contribution < 1.29 is 14.3 Å². The maximum absolute atomic E-state index is 11.0. The molecule has 72 valence electrons. The van der Waals surface area contributed by atoms with Crippen LogP contribution in [0.25, 0.3) is 0 Å². The maximum atomic E-state index is 11.0. The lowest BCUT2D eigenvalue weighted by molar-refractivity contribution is -0.152. The number of ether oxygens (including phenoxy) is 1. The number of hydrogen-bond donors (Lipinski definition) is 0. The molecule has 0 rings (SSSR count). The molecule has 0 amide bonds. The Balaban J connectivity index is 4.23. The van der Waals surface area contributed by atoms with E-state index >= 15 is 0 Å². The van der Waals surface area contributed by atoms with Crippen LogP contribution in [0, 0.1) is 23.2 Å². The summed E-state index contributed by atoms with van der Waals surface area (Å²) in [6.45, 7) is 4.87. The highest BCUT2D eigenvalue weighted by Gasteiger charge is 2.21. The minimum absolute atomic E-state index is 0.283. The SMILES string of the molecule is CC(C)C(=O)OC(C#N)C(C)C=O. The molecule has 4 nitrogen and oxygen atoms in total. The zero-order chi connectivity index (χ0) is 10.4. The van der Waals surface area contributed by atoms with Gasteiger partial charge in [-0.15, -0.1) is 0 Å². The van der Waals surface area contributed by atoms with Crippen molar-refractivity contribution in [3.05, 3.63) is 0 Å². The van der Waals surface area contributed by atoms with E-state index in [0.717, 1.165) is 0 Å². The maximum Gasteiger partial charge on any atom is 0.309 e. The van der Waals surface area contributed by atoms with Gasteiger partial charge in [0.2, 0.25) is 0 Å². The molecule has 0 aromatic heterocycles. The van der Waals surface area contributed by atoms with Crippen LogP contribution in [-0.4, -0.2) is 18.4 Å². The van der Waals surface area contributed by atoms with Gasteiger partial charge < -0.3 is 9.53 Å².